The van der Waals surface area contributed by atoms with E-state index in [0.29, 0.717) is 31.6 Å². The molecule has 7 nitrogen and oxygen atoms in total. The summed E-state index contributed by atoms with van der Waals surface area (Å²) in [7, 11) is -3.69. The van der Waals surface area contributed by atoms with Crippen molar-refractivity contribution >= 4 is 21.9 Å². The fourth-order valence-electron chi connectivity index (χ4n) is 3.54. The molecular weight excluding hydrogens is 380 g/mol. The van der Waals surface area contributed by atoms with E-state index in [1.165, 1.54) is 15.3 Å². The Morgan fingerprint density at radius 2 is 1.86 bits per heavy atom. The first-order chi connectivity index (χ1) is 13.3. The minimum absolute atomic E-state index is 0.131. The van der Waals surface area contributed by atoms with Crippen molar-refractivity contribution in [3.63, 3.8) is 0 Å². The lowest BCUT2D eigenvalue weighted by atomic mass is 10.0. The number of esters is 1. The van der Waals surface area contributed by atoms with E-state index < -0.39 is 22.0 Å². The molecule has 0 radical (unpaired) electrons. The van der Waals surface area contributed by atoms with Crippen LogP contribution >= 0.6 is 0 Å². The van der Waals surface area contributed by atoms with Crippen LogP contribution in [0.25, 0.3) is 0 Å². The Morgan fingerprint density at radius 3 is 2.46 bits per heavy atom. The Labute approximate surface area is 167 Å². The fraction of sp³-hybridized carbons (Fsp3) is 0.600. The molecule has 0 aromatic heterocycles. The number of hydrogen-bond acceptors (Lipinski definition) is 5. The van der Waals surface area contributed by atoms with E-state index in [0.717, 1.165) is 12.8 Å². The SMILES string of the molecule is CCOC(=O)C1CCCCN1C(=O)c1ccc(C)c(S(=O)(=O)N(CC)CC)c1. The maximum Gasteiger partial charge on any atom is 0.328 e. The number of aryl methyl sites for hydroxylation is 1. The molecule has 1 amide bonds. The van der Waals surface area contributed by atoms with Crippen LogP contribution in [-0.2, 0) is 19.6 Å². The van der Waals surface area contributed by atoms with Gasteiger partial charge in [0, 0.05) is 25.2 Å². The zero-order chi connectivity index (χ0) is 20.9. The van der Waals surface area contributed by atoms with Crippen molar-refractivity contribution < 1.29 is 22.7 Å². The van der Waals surface area contributed by atoms with Crippen LogP contribution in [0.1, 0.15) is 56.0 Å². The van der Waals surface area contributed by atoms with Gasteiger partial charge in [-0.15, -0.1) is 0 Å². The second-order valence-electron chi connectivity index (χ2n) is 6.83. The molecule has 0 N–H and O–H groups in total. The molecule has 8 heteroatoms. The van der Waals surface area contributed by atoms with Gasteiger partial charge >= 0.3 is 5.97 Å². The molecule has 1 aliphatic heterocycles. The largest absolute Gasteiger partial charge is 0.464 e. The van der Waals surface area contributed by atoms with Gasteiger partial charge in [0.2, 0.25) is 10.0 Å². The standard InChI is InChI=1S/C20H30N2O5S/c1-5-21(6-2)28(25,26)18-14-16(12-11-15(18)4)19(23)22-13-9-8-10-17(22)20(24)27-7-3/h11-12,14,17H,5-10,13H2,1-4H3. The zero-order valence-corrected chi connectivity index (χ0v) is 17.9. The van der Waals surface area contributed by atoms with Gasteiger partial charge in [0.15, 0.2) is 0 Å². The van der Waals surface area contributed by atoms with Gasteiger partial charge in [-0.2, -0.15) is 4.31 Å². The highest BCUT2D eigenvalue weighted by molar-refractivity contribution is 7.89. The van der Waals surface area contributed by atoms with E-state index in [1.54, 1.807) is 39.8 Å². The Hall–Kier alpha value is -1.93. The smallest absolute Gasteiger partial charge is 0.328 e. The summed E-state index contributed by atoms with van der Waals surface area (Å²) in [5.74, 6) is -0.743. The summed E-state index contributed by atoms with van der Waals surface area (Å²) in [5, 5.41) is 0. The highest BCUT2D eigenvalue weighted by Gasteiger charge is 2.34. The maximum absolute atomic E-state index is 13.1. The van der Waals surface area contributed by atoms with Crippen LogP contribution in [0.15, 0.2) is 23.1 Å². The second kappa shape index (κ2) is 9.52. The summed E-state index contributed by atoms with van der Waals surface area (Å²) in [6, 6.07) is 4.08. The molecule has 2 rings (SSSR count). The minimum atomic E-state index is -3.69. The van der Waals surface area contributed by atoms with Gasteiger partial charge in [-0.3, -0.25) is 4.79 Å². The van der Waals surface area contributed by atoms with Gasteiger partial charge < -0.3 is 9.64 Å². The monoisotopic (exact) mass is 410 g/mol. The third kappa shape index (κ3) is 4.55. The van der Waals surface area contributed by atoms with Gasteiger partial charge in [-0.25, -0.2) is 13.2 Å². The molecule has 0 spiro atoms. The summed E-state index contributed by atoms with van der Waals surface area (Å²) in [6.45, 7) is 8.43. The average molecular weight is 411 g/mol. The molecule has 1 saturated heterocycles. The quantitative estimate of drug-likeness (QED) is 0.645. The van der Waals surface area contributed by atoms with Crippen molar-refractivity contribution in [1.29, 1.82) is 0 Å². The number of amides is 1. The highest BCUT2D eigenvalue weighted by Crippen LogP contribution is 2.25. The number of carbonyl (C=O) groups is 2. The van der Waals surface area contributed by atoms with Gasteiger partial charge in [0.05, 0.1) is 11.5 Å². The van der Waals surface area contributed by atoms with E-state index in [4.69, 9.17) is 4.74 Å². The number of piperidine rings is 1. The lowest BCUT2D eigenvalue weighted by Crippen LogP contribution is -2.48. The predicted molar refractivity (Wildman–Crippen MR) is 107 cm³/mol. The normalized spacial score (nSPS) is 17.6. The lowest BCUT2D eigenvalue weighted by molar-refractivity contribution is -0.149. The molecule has 28 heavy (non-hydrogen) atoms. The van der Waals surface area contributed by atoms with Crippen LogP contribution in [-0.4, -0.2) is 61.8 Å². The molecule has 1 aromatic carbocycles. The average Bonchev–Trinajstić information content (AvgIpc) is 2.68. The summed E-state index contributed by atoms with van der Waals surface area (Å²) in [4.78, 5) is 27.0. The van der Waals surface area contributed by atoms with Crippen molar-refractivity contribution in [1.82, 2.24) is 9.21 Å². The number of ether oxygens (including phenoxy) is 1. The van der Waals surface area contributed by atoms with Crippen molar-refractivity contribution in [3.8, 4) is 0 Å². The van der Waals surface area contributed by atoms with Crippen LogP contribution in [0, 0.1) is 6.92 Å². The molecule has 0 saturated carbocycles. The van der Waals surface area contributed by atoms with E-state index in [-0.39, 0.29) is 23.0 Å². The number of nitrogens with zero attached hydrogens (tertiary/aromatic N) is 2. The molecule has 1 aromatic rings. The molecule has 0 aliphatic carbocycles. The van der Waals surface area contributed by atoms with Crippen LogP contribution in [0.2, 0.25) is 0 Å². The number of benzene rings is 1. The predicted octanol–water partition coefficient (Wildman–Crippen LogP) is 2.58. The Balaban J connectivity index is 2.39. The van der Waals surface area contributed by atoms with Crippen molar-refractivity contribution in [2.24, 2.45) is 0 Å². The van der Waals surface area contributed by atoms with Gasteiger partial charge in [0.1, 0.15) is 6.04 Å². The van der Waals surface area contributed by atoms with Gasteiger partial charge in [-0.05, 0) is 50.8 Å². The molecule has 1 unspecified atom stereocenters. The van der Waals surface area contributed by atoms with E-state index >= 15 is 0 Å². The summed E-state index contributed by atoms with van der Waals surface area (Å²) in [6.07, 6.45) is 2.21. The van der Waals surface area contributed by atoms with Gasteiger partial charge in [-0.1, -0.05) is 19.9 Å². The van der Waals surface area contributed by atoms with Crippen LogP contribution in [0.3, 0.4) is 0 Å². The molecule has 1 heterocycles. The van der Waals surface area contributed by atoms with Crippen LogP contribution < -0.4 is 0 Å². The first-order valence-electron chi connectivity index (χ1n) is 9.86. The summed E-state index contributed by atoms with van der Waals surface area (Å²) >= 11 is 0. The first-order valence-corrected chi connectivity index (χ1v) is 11.3. The Bertz CT molecular complexity index is 818. The first kappa shape index (κ1) is 22.4. The number of sulfonamides is 1. The molecule has 0 bridgehead atoms. The van der Waals surface area contributed by atoms with Crippen LogP contribution in [0.5, 0.6) is 0 Å². The summed E-state index contributed by atoms with van der Waals surface area (Å²) < 4.78 is 32.4. The Morgan fingerprint density at radius 1 is 1.18 bits per heavy atom. The van der Waals surface area contributed by atoms with E-state index in [2.05, 4.69) is 0 Å². The molecular formula is C20H30N2O5S. The zero-order valence-electron chi connectivity index (χ0n) is 17.1. The third-order valence-electron chi connectivity index (χ3n) is 5.08. The second-order valence-corrected chi connectivity index (χ2v) is 8.74. The maximum atomic E-state index is 13.1. The minimum Gasteiger partial charge on any atom is -0.464 e. The molecule has 1 aliphatic rings. The van der Waals surface area contributed by atoms with Gasteiger partial charge in [0.25, 0.3) is 5.91 Å². The molecule has 1 atom stereocenters. The van der Waals surface area contributed by atoms with E-state index in [1.807, 2.05) is 0 Å². The number of rotatable bonds is 7. The van der Waals surface area contributed by atoms with E-state index in [9.17, 15) is 18.0 Å². The lowest BCUT2D eigenvalue weighted by Gasteiger charge is -2.34. The highest BCUT2D eigenvalue weighted by atomic mass is 32.2. The summed E-state index contributed by atoms with van der Waals surface area (Å²) in [5.41, 5.74) is 0.858. The molecule has 156 valence electrons. The molecule has 1 fully saturated rings. The number of hydrogen-bond donors (Lipinski definition) is 0. The van der Waals surface area contributed by atoms with Crippen LogP contribution in [0.4, 0.5) is 0 Å². The number of carbonyl (C=O) groups excluding carboxylic acids is 2. The third-order valence-corrected chi connectivity index (χ3v) is 7.27. The van der Waals surface area contributed by atoms with Crippen molar-refractivity contribution in [2.45, 2.75) is 57.9 Å². The number of likely N-dealkylation sites (tertiary alicyclic amines) is 1. The van der Waals surface area contributed by atoms with Crippen molar-refractivity contribution in [2.75, 3.05) is 26.2 Å². The van der Waals surface area contributed by atoms with Crippen molar-refractivity contribution in [3.05, 3.63) is 29.3 Å². The Kier molecular flexibility index (Phi) is 7.60. The topological polar surface area (TPSA) is 84.0 Å². The fourth-order valence-corrected chi connectivity index (χ4v) is 5.25.